The fourth-order valence-corrected chi connectivity index (χ4v) is 4.28. The number of aromatic nitrogens is 1. The first-order valence-corrected chi connectivity index (χ1v) is 12.5. The van der Waals surface area contributed by atoms with Crippen molar-refractivity contribution in [1.29, 1.82) is 0 Å². The van der Waals surface area contributed by atoms with Gasteiger partial charge in [0.15, 0.2) is 11.7 Å². The largest absolute Gasteiger partial charge is 0.494 e. The highest BCUT2D eigenvalue weighted by atomic mass is 35.5. The second-order valence-electron chi connectivity index (χ2n) is 9.43. The Morgan fingerprint density at radius 1 is 1.00 bits per heavy atom. The van der Waals surface area contributed by atoms with Crippen LogP contribution in [0.3, 0.4) is 0 Å². The molecule has 2 atom stereocenters. The van der Waals surface area contributed by atoms with Gasteiger partial charge in [-0.3, -0.25) is 14.6 Å². The number of hydrogen-bond donors (Lipinski definition) is 6. The molecule has 1 heterocycles. The zero-order valence-electron chi connectivity index (χ0n) is 21.7. The molecule has 3 rings (SSSR count). The number of alkyl halides is 3. The summed E-state index contributed by atoms with van der Waals surface area (Å²) >= 11 is 5.64. The Hall–Kier alpha value is -4.19. The third-order valence-electron chi connectivity index (χ3n) is 6.14. The number of carbonyl (C=O) groups excluding carboxylic acids is 3. The number of anilines is 1. The van der Waals surface area contributed by atoms with Gasteiger partial charge in [-0.25, -0.2) is 4.79 Å². The number of urea groups is 1. The highest BCUT2D eigenvalue weighted by Gasteiger charge is 2.34. The number of benzene rings is 2. The molecule has 2 aromatic carbocycles. The Morgan fingerprint density at radius 3 is 2.20 bits per heavy atom. The molecule has 40 heavy (non-hydrogen) atoms. The van der Waals surface area contributed by atoms with E-state index in [1.165, 1.54) is 13.0 Å². The van der Waals surface area contributed by atoms with Crippen molar-refractivity contribution in [2.45, 2.75) is 45.5 Å². The zero-order chi connectivity index (χ0) is 29.8. The number of hydrogen-bond acceptors (Lipinski definition) is 5. The number of aromatic hydroxyl groups is 2. The van der Waals surface area contributed by atoms with Crippen molar-refractivity contribution < 1.29 is 37.8 Å². The number of nitrogens with one attached hydrogen (secondary N) is 4. The van der Waals surface area contributed by atoms with Gasteiger partial charge >= 0.3 is 12.2 Å². The molecule has 3 aromatic rings. The van der Waals surface area contributed by atoms with E-state index in [4.69, 9.17) is 11.6 Å². The van der Waals surface area contributed by atoms with Crippen LogP contribution in [-0.2, 0) is 11.0 Å². The number of halogens is 4. The van der Waals surface area contributed by atoms with Crippen molar-refractivity contribution in [3.8, 4) is 11.8 Å². The lowest BCUT2D eigenvalue weighted by molar-refractivity contribution is -0.137. The van der Waals surface area contributed by atoms with Gasteiger partial charge in [0.25, 0.3) is 0 Å². The van der Waals surface area contributed by atoms with Gasteiger partial charge in [-0.1, -0.05) is 55.8 Å². The number of amides is 3. The van der Waals surface area contributed by atoms with Gasteiger partial charge in [0, 0.05) is 11.3 Å². The van der Waals surface area contributed by atoms with Crippen LogP contribution in [0.1, 0.15) is 53.4 Å². The lowest BCUT2D eigenvalue weighted by atomic mass is 9.93. The van der Waals surface area contributed by atoms with Crippen molar-refractivity contribution in [2.75, 3.05) is 5.32 Å². The molecule has 0 spiro atoms. The van der Waals surface area contributed by atoms with Crippen LogP contribution in [0.5, 0.6) is 11.8 Å². The standard InChI is InChI=1S/C27H28ClF3N4O5/c1-13(2)22(23(37)21-14(3)24(38)35-25(21)39)34-20(36)12-19(15-7-5-4-6-8-15)33-26(40)32-16-9-10-18(28)17(11-16)27(29,30)31/h4-11,13,19,22,35,38-39H,12H2,1-3H3,(H,34,36)(H2,32,33,40). The first-order valence-electron chi connectivity index (χ1n) is 12.1. The number of ketones is 1. The average Bonchev–Trinajstić information content (AvgIpc) is 3.13. The molecule has 0 bridgehead atoms. The average molecular weight is 581 g/mol. The van der Waals surface area contributed by atoms with Crippen LogP contribution in [-0.4, -0.2) is 39.0 Å². The molecule has 214 valence electrons. The molecule has 0 fully saturated rings. The first-order chi connectivity index (χ1) is 18.7. The number of Topliss-reactive ketones (excluding diaryl/α,β-unsaturated/α-hetero) is 1. The summed E-state index contributed by atoms with van der Waals surface area (Å²) in [5.41, 5.74) is -0.793. The van der Waals surface area contributed by atoms with Crippen LogP contribution >= 0.6 is 11.6 Å². The summed E-state index contributed by atoms with van der Waals surface area (Å²) in [5.74, 6) is -2.57. The van der Waals surface area contributed by atoms with Crippen LogP contribution in [0.2, 0.25) is 5.02 Å². The smallest absolute Gasteiger partial charge is 0.417 e. The maximum atomic E-state index is 13.2. The summed E-state index contributed by atoms with van der Waals surface area (Å²) in [6.07, 6.45) is -5.06. The summed E-state index contributed by atoms with van der Waals surface area (Å²) in [6, 6.07) is 8.41. The third-order valence-corrected chi connectivity index (χ3v) is 6.47. The SMILES string of the molecule is Cc1c(O)[nH]c(O)c1C(=O)C(NC(=O)CC(NC(=O)Nc1ccc(Cl)c(C(F)(F)F)c1)c1ccccc1)C(C)C. The molecule has 9 nitrogen and oxygen atoms in total. The van der Waals surface area contributed by atoms with E-state index in [-0.39, 0.29) is 29.1 Å². The second-order valence-corrected chi connectivity index (χ2v) is 9.84. The lowest BCUT2D eigenvalue weighted by Crippen LogP contribution is -2.46. The van der Waals surface area contributed by atoms with Crippen molar-refractivity contribution in [3.63, 3.8) is 0 Å². The molecule has 0 saturated carbocycles. The van der Waals surface area contributed by atoms with Gasteiger partial charge in [-0.15, -0.1) is 0 Å². The van der Waals surface area contributed by atoms with E-state index in [2.05, 4.69) is 20.9 Å². The number of rotatable bonds is 9. The highest BCUT2D eigenvalue weighted by molar-refractivity contribution is 6.31. The van der Waals surface area contributed by atoms with Crippen LogP contribution in [0.25, 0.3) is 0 Å². The van der Waals surface area contributed by atoms with Crippen LogP contribution < -0.4 is 16.0 Å². The fraction of sp³-hybridized carbons (Fsp3) is 0.296. The van der Waals surface area contributed by atoms with Gasteiger partial charge < -0.3 is 26.2 Å². The van der Waals surface area contributed by atoms with Crippen LogP contribution in [0, 0.1) is 12.8 Å². The van der Waals surface area contributed by atoms with Gasteiger partial charge in [0.1, 0.15) is 0 Å². The maximum Gasteiger partial charge on any atom is 0.417 e. The topological polar surface area (TPSA) is 144 Å². The van der Waals surface area contributed by atoms with Gasteiger partial charge in [0.05, 0.1) is 34.7 Å². The molecule has 0 aliphatic carbocycles. The minimum atomic E-state index is -4.73. The van der Waals surface area contributed by atoms with Crippen molar-refractivity contribution >= 4 is 35.0 Å². The summed E-state index contributed by atoms with van der Waals surface area (Å²) in [6.45, 7) is 4.80. The molecule has 6 N–H and O–H groups in total. The molecule has 2 unspecified atom stereocenters. The third kappa shape index (κ3) is 7.26. The van der Waals surface area contributed by atoms with E-state index in [9.17, 15) is 37.8 Å². The first kappa shape index (κ1) is 30.4. The Kier molecular flexibility index (Phi) is 9.36. The highest BCUT2D eigenvalue weighted by Crippen LogP contribution is 2.36. The van der Waals surface area contributed by atoms with E-state index < -0.39 is 58.4 Å². The minimum Gasteiger partial charge on any atom is -0.494 e. The molecule has 0 aliphatic heterocycles. The molecular weight excluding hydrogens is 553 g/mol. The molecule has 13 heteroatoms. The summed E-state index contributed by atoms with van der Waals surface area (Å²) < 4.78 is 39.6. The Balaban J connectivity index is 1.78. The Labute approximate surface area is 232 Å². The van der Waals surface area contributed by atoms with E-state index in [0.717, 1.165) is 6.07 Å². The van der Waals surface area contributed by atoms with Crippen molar-refractivity contribution in [1.82, 2.24) is 15.6 Å². The molecular formula is C27H28ClF3N4O5. The normalized spacial score (nSPS) is 13.0. The van der Waals surface area contributed by atoms with Gasteiger partial charge in [-0.2, -0.15) is 13.2 Å². The zero-order valence-corrected chi connectivity index (χ0v) is 22.4. The monoisotopic (exact) mass is 580 g/mol. The van der Waals surface area contributed by atoms with Gasteiger partial charge in [-0.05, 0) is 36.6 Å². The van der Waals surface area contributed by atoms with Crippen LogP contribution in [0.4, 0.5) is 23.7 Å². The van der Waals surface area contributed by atoms with E-state index >= 15 is 0 Å². The minimum absolute atomic E-state index is 0.124. The molecule has 0 aliphatic rings. The van der Waals surface area contributed by atoms with E-state index in [1.54, 1.807) is 44.2 Å². The maximum absolute atomic E-state index is 13.2. The predicted octanol–water partition coefficient (Wildman–Crippen LogP) is 5.68. The number of carbonyl (C=O) groups is 3. The Bertz CT molecular complexity index is 1390. The molecule has 1 aromatic heterocycles. The predicted molar refractivity (Wildman–Crippen MR) is 142 cm³/mol. The number of H-pyrrole nitrogens is 1. The quantitative estimate of drug-likeness (QED) is 0.180. The van der Waals surface area contributed by atoms with Crippen molar-refractivity contribution in [3.05, 3.63) is 75.8 Å². The lowest BCUT2D eigenvalue weighted by Gasteiger charge is -2.24. The van der Waals surface area contributed by atoms with Gasteiger partial charge in [0.2, 0.25) is 11.8 Å². The molecule has 0 saturated heterocycles. The van der Waals surface area contributed by atoms with E-state index in [0.29, 0.717) is 11.6 Å². The number of aromatic amines is 1. The summed E-state index contributed by atoms with van der Waals surface area (Å²) in [5, 5.41) is 26.9. The molecule has 0 radical (unpaired) electrons. The second kappa shape index (κ2) is 12.3. The Morgan fingerprint density at radius 2 is 1.65 bits per heavy atom. The van der Waals surface area contributed by atoms with Crippen molar-refractivity contribution in [2.24, 2.45) is 5.92 Å². The van der Waals surface area contributed by atoms with E-state index in [1.807, 2.05) is 0 Å². The van der Waals surface area contributed by atoms with Crippen LogP contribution in [0.15, 0.2) is 48.5 Å². The summed E-state index contributed by atoms with van der Waals surface area (Å²) in [7, 11) is 0. The summed E-state index contributed by atoms with van der Waals surface area (Å²) in [4.78, 5) is 41.3. The fourth-order valence-electron chi connectivity index (χ4n) is 4.06. The molecule has 3 amide bonds.